The van der Waals surface area contributed by atoms with Gasteiger partial charge in [-0.1, -0.05) is 48.0 Å². The molecule has 1 atom stereocenters. The third-order valence-electron chi connectivity index (χ3n) is 6.59. The maximum absolute atomic E-state index is 13.4. The Morgan fingerprint density at radius 1 is 1.10 bits per heavy atom. The van der Waals surface area contributed by atoms with Crippen LogP contribution in [0.15, 0.2) is 85.1 Å². The van der Waals surface area contributed by atoms with Crippen LogP contribution in [0.3, 0.4) is 0 Å². The summed E-state index contributed by atoms with van der Waals surface area (Å²) in [7, 11) is 0. The number of rotatable bonds is 10. The van der Waals surface area contributed by atoms with E-state index in [0.29, 0.717) is 47.7 Å². The molecule has 0 saturated carbocycles. The number of ether oxygens (including phenoxy) is 2. The van der Waals surface area contributed by atoms with E-state index in [0.717, 1.165) is 24.1 Å². The molecule has 0 aliphatic carbocycles. The van der Waals surface area contributed by atoms with E-state index in [9.17, 15) is 9.59 Å². The van der Waals surface area contributed by atoms with Gasteiger partial charge in [-0.25, -0.2) is 4.98 Å². The average molecular weight is 559 g/mol. The van der Waals surface area contributed by atoms with Crippen LogP contribution in [0.4, 0.5) is 5.95 Å². The summed E-state index contributed by atoms with van der Waals surface area (Å²) >= 11 is 6.02. The van der Waals surface area contributed by atoms with Crippen molar-refractivity contribution in [1.82, 2.24) is 14.5 Å². The molecule has 206 valence electrons. The van der Waals surface area contributed by atoms with E-state index in [2.05, 4.69) is 5.32 Å². The number of nitrogens with one attached hydrogen (secondary N) is 1. The average Bonchev–Trinajstić information content (AvgIpc) is 3.64. The van der Waals surface area contributed by atoms with Crippen LogP contribution in [0.25, 0.3) is 16.9 Å². The number of nitrogens with zero attached hydrogens (tertiary/aromatic N) is 3. The van der Waals surface area contributed by atoms with Gasteiger partial charge in [-0.05, 0) is 56.2 Å². The molecular formula is C31H31ClN4O4. The first-order valence-electron chi connectivity index (χ1n) is 13.3. The Morgan fingerprint density at radius 2 is 1.90 bits per heavy atom. The van der Waals surface area contributed by atoms with E-state index in [1.54, 1.807) is 24.3 Å². The van der Waals surface area contributed by atoms with Gasteiger partial charge in [0, 0.05) is 41.6 Å². The Kier molecular flexibility index (Phi) is 8.78. The topological polar surface area (TPSA) is 85.7 Å². The molecule has 0 spiro atoms. The molecule has 9 heteroatoms. The van der Waals surface area contributed by atoms with Gasteiger partial charge < -0.3 is 14.4 Å². The highest BCUT2D eigenvalue weighted by atomic mass is 35.5. The molecule has 8 nitrogen and oxygen atoms in total. The molecule has 2 heterocycles. The van der Waals surface area contributed by atoms with Gasteiger partial charge in [0.15, 0.2) is 0 Å². The number of imidazole rings is 1. The third-order valence-corrected chi connectivity index (χ3v) is 6.85. The molecule has 4 aromatic rings. The van der Waals surface area contributed by atoms with E-state index >= 15 is 0 Å². The second kappa shape index (κ2) is 12.8. The second-order valence-electron chi connectivity index (χ2n) is 9.49. The zero-order valence-electron chi connectivity index (χ0n) is 22.3. The number of halogens is 1. The number of aromatic nitrogens is 2. The first kappa shape index (κ1) is 27.4. The van der Waals surface area contributed by atoms with Gasteiger partial charge in [0.25, 0.3) is 5.91 Å². The summed E-state index contributed by atoms with van der Waals surface area (Å²) in [5.74, 6) is 0.421. The van der Waals surface area contributed by atoms with Crippen molar-refractivity contribution in [3.63, 3.8) is 0 Å². The molecule has 1 N–H and O–H groups in total. The van der Waals surface area contributed by atoms with E-state index < -0.39 is 0 Å². The Balaban J connectivity index is 1.42. The zero-order chi connectivity index (χ0) is 27.9. The summed E-state index contributed by atoms with van der Waals surface area (Å²) in [6.45, 7) is 3.27. The minimum Gasteiger partial charge on any atom is -0.494 e. The quantitative estimate of drug-likeness (QED) is 0.264. The zero-order valence-corrected chi connectivity index (χ0v) is 23.0. The molecule has 2 amide bonds. The predicted octanol–water partition coefficient (Wildman–Crippen LogP) is 5.85. The van der Waals surface area contributed by atoms with Crippen LogP contribution in [-0.4, -0.2) is 58.7 Å². The van der Waals surface area contributed by atoms with Crippen LogP contribution in [0.5, 0.6) is 5.75 Å². The SMILES string of the molecule is CCOc1cccc(-n2cc(-c3ccccc3)nc2NC(=O)CN(C[C@@H]2CCCO2)C(=O)c2ccc(Cl)cc2)c1. The van der Waals surface area contributed by atoms with Crippen LogP contribution in [0, 0.1) is 0 Å². The van der Waals surface area contributed by atoms with Gasteiger partial charge in [-0.2, -0.15) is 0 Å². The van der Waals surface area contributed by atoms with Crippen molar-refractivity contribution in [1.29, 1.82) is 0 Å². The molecule has 0 unspecified atom stereocenters. The van der Waals surface area contributed by atoms with Crippen molar-refractivity contribution >= 4 is 29.4 Å². The van der Waals surface area contributed by atoms with Crippen molar-refractivity contribution in [2.24, 2.45) is 0 Å². The maximum atomic E-state index is 13.4. The van der Waals surface area contributed by atoms with E-state index in [1.165, 1.54) is 4.90 Å². The Labute approximate surface area is 238 Å². The van der Waals surface area contributed by atoms with Gasteiger partial charge in [0.1, 0.15) is 12.3 Å². The molecule has 1 aliphatic heterocycles. The minimum absolute atomic E-state index is 0.114. The van der Waals surface area contributed by atoms with Gasteiger partial charge >= 0.3 is 0 Å². The predicted molar refractivity (Wildman–Crippen MR) is 155 cm³/mol. The fraction of sp³-hybridized carbons (Fsp3) is 0.258. The molecule has 5 rings (SSSR count). The Bertz CT molecular complexity index is 1450. The maximum Gasteiger partial charge on any atom is 0.254 e. The van der Waals surface area contributed by atoms with E-state index in [-0.39, 0.29) is 24.5 Å². The number of anilines is 1. The van der Waals surface area contributed by atoms with Crippen LogP contribution in [0.2, 0.25) is 5.02 Å². The molecular weight excluding hydrogens is 528 g/mol. The minimum atomic E-state index is -0.368. The van der Waals surface area contributed by atoms with Crippen LogP contribution in [0.1, 0.15) is 30.1 Å². The number of carbonyl (C=O) groups is 2. The van der Waals surface area contributed by atoms with Crippen LogP contribution in [-0.2, 0) is 9.53 Å². The normalized spacial score (nSPS) is 14.6. The molecule has 1 aliphatic rings. The third kappa shape index (κ3) is 6.70. The fourth-order valence-electron chi connectivity index (χ4n) is 4.67. The van der Waals surface area contributed by atoms with Crippen LogP contribution < -0.4 is 10.1 Å². The van der Waals surface area contributed by atoms with E-state index in [1.807, 2.05) is 72.3 Å². The molecule has 3 aromatic carbocycles. The van der Waals surface area contributed by atoms with Gasteiger partial charge in [-0.15, -0.1) is 0 Å². The monoisotopic (exact) mass is 558 g/mol. The lowest BCUT2D eigenvalue weighted by molar-refractivity contribution is -0.117. The highest BCUT2D eigenvalue weighted by Crippen LogP contribution is 2.26. The number of hydrogen-bond donors (Lipinski definition) is 1. The second-order valence-corrected chi connectivity index (χ2v) is 9.93. The van der Waals surface area contributed by atoms with Crippen molar-refractivity contribution < 1.29 is 19.1 Å². The summed E-state index contributed by atoms with van der Waals surface area (Å²) in [5.41, 5.74) is 2.85. The molecule has 1 saturated heterocycles. The number of benzene rings is 3. The molecule has 1 fully saturated rings. The number of amides is 2. The van der Waals surface area contributed by atoms with Gasteiger partial charge in [0.05, 0.1) is 24.1 Å². The standard InChI is InChI=1S/C31H31ClN4O4/c1-2-39-26-11-6-10-25(18-26)36-20-28(22-8-4-3-5-9-22)33-31(36)34-29(37)21-35(19-27-12-7-17-40-27)30(38)23-13-15-24(32)16-14-23/h3-6,8-11,13-16,18,20,27H,2,7,12,17,19,21H2,1H3,(H,33,34,37)/t27-/m0/s1. The fourth-order valence-corrected chi connectivity index (χ4v) is 4.80. The molecule has 0 radical (unpaired) electrons. The lowest BCUT2D eigenvalue weighted by Crippen LogP contribution is -2.42. The molecule has 1 aromatic heterocycles. The smallest absolute Gasteiger partial charge is 0.254 e. The summed E-state index contributed by atoms with van der Waals surface area (Å²) in [6, 6.07) is 24.0. The summed E-state index contributed by atoms with van der Waals surface area (Å²) in [5, 5.41) is 3.47. The highest BCUT2D eigenvalue weighted by molar-refractivity contribution is 6.30. The summed E-state index contributed by atoms with van der Waals surface area (Å²) in [6.07, 6.45) is 3.53. The van der Waals surface area contributed by atoms with Crippen molar-refractivity contribution in [2.75, 3.05) is 31.6 Å². The van der Waals surface area contributed by atoms with Gasteiger partial charge in [-0.3, -0.25) is 19.5 Å². The largest absolute Gasteiger partial charge is 0.494 e. The Morgan fingerprint density at radius 3 is 2.62 bits per heavy atom. The molecule has 40 heavy (non-hydrogen) atoms. The first-order valence-corrected chi connectivity index (χ1v) is 13.7. The summed E-state index contributed by atoms with van der Waals surface area (Å²) in [4.78, 5) is 33.1. The first-order chi connectivity index (χ1) is 19.5. The summed E-state index contributed by atoms with van der Waals surface area (Å²) < 4.78 is 13.3. The lowest BCUT2D eigenvalue weighted by atomic mass is 10.1. The lowest BCUT2D eigenvalue weighted by Gasteiger charge is -2.25. The Hall–Kier alpha value is -4.14. The highest BCUT2D eigenvalue weighted by Gasteiger charge is 2.26. The van der Waals surface area contributed by atoms with Crippen molar-refractivity contribution in [2.45, 2.75) is 25.9 Å². The molecule has 0 bridgehead atoms. The number of hydrogen-bond acceptors (Lipinski definition) is 5. The van der Waals surface area contributed by atoms with Gasteiger partial charge in [0.2, 0.25) is 11.9 Å². The van der Waals surface area contributed by atoms with Crippen molar-refractivity contribution in [3.8, 4) is 22.7 Å². The van der Waals surface area contributed by atoms with Crippen LogP contribution >= 0.6 is 11.6 Å². The van der Waals surface area contributed by atoms with Crippen molar-refractivity contribution in [3.05, 3.63) is 95.6 Å². The number of carbonyl (C=O) groups excluding carboxylic acids is 2. The van der Waals surface area contributed by atoms with E-state index in [4.69, 9.17) is 26.1 Å².